The van der Waals surface area contributed by atoms with Crippen molar-refractivity contribution in [2.75, 3.05) is 12.3 Å². The van der Waals surface area contributed by atoms with Crippen LogP contribution >= 0.6 is 0 Å². The molecule has 4 rings (SSSR count). The lowest BCUT2D eigenvalue weighted by Gasteiger charge is -2.12. The van der Waals surface area contributed by atoms with Gasteiger partial charge >= 0.3 is 5.97 Å². The summed E-state index contributed by atoms with van der Waals surface area (Å²) in [6.07, 6.45) is 5.00. The molecule has 0 radical (unpaired) electrons. The SMILES string of the molecule is CCOC(=O)c1cc2c(=O)n3cccc(C)c3nc2[n+](Cc2ccncc2)c1N. The number of hydrogen-bond donors (Lipinski definition) is 1. The lowest BCUT2D eigenvalue weighted by Crippen LogP contribution is -2.42. The van der Waals surface area contributed by atoms with Gasteiger partial charge in [0.25, 0.3) is 11.2 Å². The van der Waals surface area contributed by atoms with Crippen LogP contribution in [0.5, 0.6) is 0 Å². The van der Waals surface area contributed by atoms with E-state index < -0.39 is 5.97 Å². The van der Waals surface area contributed by atoms with Gasteiger partial charge in [-0.05, 0) is 43.7 Å². The molecule has 0 spiro atoms. The molecule has 8 heteroatoms. The van der Waals surface area contributed by atoms with Crippen LogP contribution in [0.1, 0.15) is 28.4 Å². The number of aryl methyl sites for hydroxylation is 1. The minimum atomic E-state index is -0.580. The monoisotopic (exact) mass is 390 g/mol. The van der Waals surface area contributed by atoms with Gasteiger partial charge in [0.1, 0.15) is 10.9 Å². The summed E-state index contributed by atoms with van der Waals surface area (Å²) in [7, 11) is 0. The number of esters is 1. The van der Waals surface area contributed by atoms with Crippen molar-refractivity contribution in [2.45, 2.75) is 20.4 Å². The van der Waals surface area contributed by atoms with Crippen LogP contribution in [-0.4, -0.2) is 26.9 Å². The van der Waals surface area contributed by atoms with E-state index in [0.717, 1.165) is 11.1 Å². The molecule has 0 saturated carbocycles. The minimum Gasteiger partial charge on any atom is -0.462 e. The predicted molar refractivity (Wildman–Crippen MR) is 108 cm³/mol. The number of aromatic nitrogens is 4. The van der Waals surface area contributed by atoms with Gasteiger partial charge in [-0.15, -0.1) is 0 Å². The first-order chi connectivity index (χ1) is 14.0. The molecule has 0 saturated heterocycles. The molecule has 2 N–H and O–H groups in total. The molecule has 4 aromatic heterocycles. The molecular weight excluding hydrogens is 370 g/mol. The maximum absolute atomic E-state index is 13.2. The Balaban J connectivity index is 2.09. The fourth-order valence-electron chi connectivity index (χ4n) is 3.31. The van der Waals surface area contributed by atoms with E-state index >= 15 is 0 Å². The molecule has 0 fully saturated rings. The van der Waals surface area contributed by atoms with Gasteiger partial charge < -0.3 is 10.5 Å². The third-order valence-electron chi connectivity index (χ3n) is 4.76. The lowest BCUT2D eigenvalue weighted by molar-refractivity contribution is -0.649. The van der Waals surface area contributed by atoms with Gasteiger partial charge in [-0.1, -0.05) is 11.1 Å². The second-order valence-corrected chi connectivity index (χ2v) is 6.64. The normalized spacial score (nSPS) is 11.1. The van der Waals surface area contributed by atoms with Crippen LogP contribution in [0.2, 0.25) is 0 Å². The van der Waals surface area contributed by atoms with Crippen LogP contribution in [0.25, 0.3) is 16.7 Å². The molecule has 0 aliphatic rings. The molecule has 0 atom stereocenters. The minimum absolute atomic E-state index is 0.139. The van der Waals surface area contributed by atoms with Gasteiger partial charge in [0.15, 0.2) is 0 Å². The summed E-state index contributed by atoms with van der Waals surface area (Å²) in [6, 6.07) is 8.82. The Morgan fingerprint density at radius 2 is 2.03 bits per heavy atom. The second kappa shape index (κ2) is 7.31. The standard InChI is InChI=1S/C21H19N5O3/c1-3-29-21(28)15-11-16-19(24-18-13(2)5-4-10-25(18)20(16)27)26(17(15)22)12-14-6-8-23-9-7-14/h4-11,22H,3,12H2,1-2H3/p+1. The van der Waals surface area contributed by atoms with Crippen LogP contribution in [0.4, 0.5) is 5.82 Å². The quantitative estimate of drug-likeness (QED) is 0.323. The fourth-order valence-corrected chi connectivity index (χ4v) is 3.31. The molecule has 29 heavy (non-hydrogen) atoms. The zero-order valence-corrected chi connectivity index (χ0v) is 16.1. The highest BCUT2D eigenvalue weighted by molar-refractivity contribution is 5.96. The number of carbonyl (C=O) groups is 1. The zero-order valence-electron chi connectivity index (χ0n) is 16.1. The summed E-state index contributed by atoms with van der Waals surface area (Å²) < 4.78 is 8.28. The number of rotatable bonds is 4. The number of hydrogen-bond acceptors (Lipinski definition) is 6. The second-order valence-electron chi connectivity index (χ2n) is 6.64. The third kappa shape index (κ3) is 3.18. The van der Waals surface area contributed by atoms with E-state index in [9.17, 15) is 9.59 Å². The van der Waals surface area contributed by atoms with E-state index in [1.165, 1.54) is 10.5 Å². The highest BCUT2D eigenvalue weighted by Gasteiger charge is 2.25. The molecule has 0 unspecified atom stereocenters. The summed E-state index contributed by atoms with van der Waals surface area (Å²) in [6.45, 7) is 4.13. The van der Waals surface area contributed by atoms with Gasteiger partial charge in [-0.25, -0.2) is 9.36 Å². The summed E-state index contributed by atoms with van der Waals surface area (Å²) in [5, 5.41) is 0.291. The molecule has 0 aliphatic heterocycles. The molecular formula is C21H20N5O3+. The summed E-state index contributed by atoms with van der Waals surface area (Å²) >= 11 is 0. The van der Waals surface area contributed by atoms with E-state index in [4.69, 9.17) is 15.5 Å². The molecule has 146 valence electrons. The van der Waals surface area contributed by atoms with Crippen molar-refractivity contribution in [3.63, 3.8) is 0 Å². The maximum Gasteiger partial charge on any atom is 0.344 e. The van der Waals surface area contributed by atoms with E-state index in [0.29, 0.717) is 23.2 Å². The number of fused-ring (bicyclic) bond motifs is 2. The highest BCUT2D eigenvalue weighted by atomic mass is 16.5. The van der Waals surface area contributed by atoms with Gasteiger partial charge in [0.2, 0.25) is 11.5 Å². The predicted octanol–water partition coefficient (Wildman–Crippen LogP) is 1.65. The van der Waals surface area contributed by atoms with E-state index in [2.05, 4.69) is 4.98 Å². The first-order valence-corrected chi connectivity index (χ1v) is 9.21. The van der Waals surface area contributed by atoms with Crippen LogP contribution in [0.3, 0.4) is 0 Å². The van der Waals surface area contributed by atoms with Gasteiger partial charge in [0, 0.05) is 24.2 Å². The van der Waals surface area contributed by atoms with Crippen LogP contribution in [0.15, 0.2) is 53.7 Å². The average molecular weight is 390 g/mol. The summed E-state index contributed by atoms with van der Waals surface area (Å²) in [5.74, 6) is -0.387. The maximum atomic E-state index is 13.2. The van der Waals surface area contributed by atoms with Crippen LogP contribution in [-0.2, 0) is 11.3 Å². The molecule has 0 amide bonds. The molecule has 0 aromatic carbocycles. The number of ether oxygens (including phenoxy) is 1. The Kier molecular flexibility index (Phi) is 4.67. The molecule has 4 heterocycles. The largest absolute Gasteiger partial charge is 0.462 e. The average Bonchev–Trinajstić information content (AvgIpc) is 2.72. The smallest absolute Gasteiger partial charge is 0.344 e. The first kappa shape index (κ1) is 18.5. The van der Waals surface area contributed by atoms with Gasteiger partial charge in [-0.3, -0.25) is 14.2 Å². The number of carbonyl (C=O) groups excluding carboxylic acids is 1. The number of nitrogens with zero attached hydrogens (tertiary/aromatic N) is 4. The van der Waals surface area contributed by atoms with E-state index in [1.807, 2.05) is 25.1 Å². The highest BCUT2D eigenvalue weighted by Crippen LogP contribution is 2.17. The van der Waals surface area contributed by atoms with Crippen LogP contribution in [0, 0.1) is 6.92 Å². The third-order valence-corrected chi connectivity index (χ3v) is 4.76. The van der Waals surface area contributed by atoms with Crippen molar-refractivity contribution >= 4 is 28.5 Å². The van der Waals surface area contributed by atoms with Crippen molar-refractivity contribution in [3.8, 4) is 0 Å². The van der Waals surface area contributed by atoms with Crippen molar-refractivity contribution < 1.29 is 14.1 Å². The van der Waals surface area contributed by atoms with Gasteiger partial charge in [0.05, 0.1) is 13.2 Å². The Hall–Kier alpha value is -3.81. The molecule has 4 aromatic rings. The Morgan fingerprint density at radius 3 is 2.76 bits per heavy atom. The van der Waals surface area contributed by atoms with E-state index in [1.54, 1.807) is 36.1 Å². The topological polar surface area (TPSA) is 103 Å². The van der Waals surface area contributed by atoms with Crippen molar-refractivity contribution in [3.05, 3.63) is 76.0 Å². The summed E-state index contributed by atoms with van der Waals surface area (Å²) in [5.41, 5.74) is 8.93. The Morgan fingerprint density at radius 1 is 1.28 bits per heavy atom. The van der Waals surface area contributed by atoms with Crippen molar-refractivity contribution in [1.29, 1.82) is 0 Å². The summed E-state index contributed by atoms with van der Waals surface area (Å²) in [4.78, 5) is 34.4. The zero-order chi connectivity index (χ0) is 20.5. The molecule has 0 aliphatic carbocycles. The molecule has 0 bridgehead atoms. The van der Waals surface area contributed by atoms with Crippen molar-refractivity contribution in [1.82, 2.24) is 14.4 Å². The van der Waals surface area contributed by atoms with Gasteiger partial charge in [-0.2, -0.15) is 0 Å². The van der Waals surface area contributed by atoms with Crippen LogP contribution < -0.4 is 15.9 Å². The number of nitrogen functional groups attached to an aromatic ring is 1. The Bertz CT molecular complexity index is 1300. The lowest BCUT2D eigenvalue weighted by atomic mass is 10.1. The number of anilines is 1. The number of pyridine rings is 3. The van der Waals surface area contributed by atoms with E-state index in [-0.39, 0.29) is 23.5 Å². The molecule has 8 nitrogen and oxygen atoms in total. The number of nitrogens with two attached hydrogens (primary N) is 1. The Labute approximate surface area is 166 Å². The fraction of sp³-hybridized carbons (Fsp3) is 0.190. The van der Waals surface area contributed by atoms with Crippen molar-refractivity contribution in [2.24, 2.45) is 0 Å². The first-order valence-electron chi connectivity index (χ1n) is 9.21.